The first-order valence-corrected chi connectivity index (χ1v) is 10.5. The van der Waals surface area contributed by atoms with Gasteiger partial charge in [0.25, 0.3) is 0 Å². The predicted octanol–water partition coefficient (Wildman–Crippen LogP) is 4.69. The molecule has 0 saturated heterocycles. The van der Waals surface area contributed by atoms with Crippen LogP contribution in [0, 0.1) is 0 Å². The Morgan fingerprint density at radius 1 is 0.800 bits per heavy atom. The number of carboxylic acid groups (broad SMARTS) is 1. The van der Waals surface area contributed by atoms with Gasteiger partial charge in [0.05, 0.1) is 19.6 Å². The lowest BCUT2D eigenvalue weighted by Crippen LogP contribution is -2.45. The SMILES string of the molecule is CCCCCC/C(O)=C/[N+](CCCC)(CCCC)CCCCC(=O)[O-]. The van der Waals surface area contributed by atoms with Crippen LogP contribution >= 0.6 is 0 Å². The molecule has 148 valence electrons. The van der Waals surface area contributed by atoms with Crippen molar-refractivity contribution in [2.45, 2.75) is 97.8 Å². The van der Waals surface area contributed by atoms with Crippen LogP contribution in [0.1, 0.15) is 97.8 Å². The second kappa shape index (κ2) is 15.2. The van der Waals surface area contributed by atoms with Crippen molar-refractivity contribution in [3.8, 4) is 0 Å². The molecule has 0 amide bonds. The van der Waals surface area contributed by atoms with Crippen molar-refractivity contribution in [2.24, 2.45) is 0 Å². The number of aliphatic carboxylic acids is 1. The third kappa shape index (κ3) is 12.9. The maximum atomic E-state index is 10.6. The van der Waals surface area contributed by atoms with E-state index in [-0.39, 0.29) is 6.42 Å². The molecule has 0 aliphatic heterocycles. The highest BCUT2D eigenvalue weighted by atomic mass is 16.4. The fourth-order valence-corrected chi connectivity index (χ4v) is 3.28. The van der Waals surface area contributed by atoms with Crippen LogP contribution in [-0.2, 0) is 4.79 Å². The molecular formula is C21H41NO3. The lowest BCUT2D eigenvalue weighted by atomic mass is 10.1. The first-order chi connectivity index (χ1) is 12.0. The van der Waals surface area contributed by atoms with Gasteiger partial charge in [-0.2, -0.15) is 0 Å². The third-order valence-corrected chi connectivity index (χ3v) is 4.86. The summed E-state index contributed by atoms with van der Waals surface area (Å²) in [6, 6.07) is 0. The Morgan fingerprint density at radius 3 is 1.84 bits per heavy atom. The second-order valence-corrected chi connectivity index (χ2v) is 7.36. The Kier molecular flexibility index (Phi) is 14.6. The number of allylic oxidation sites excluding steroid dienone is 1. The van der Waals surface area contributed by atoms with E-state index in [9.17, 15) is 15.0 Å². The van der Waals surface area contributed by atoms with Gasteiger partial charge in [-0.25, -0.2) is 0 Å². The molecule has 0 aromatic rings. The van der Waals surface area contributed by atoms with E-state index in [1.54, 1.807) is 0 Å². The largest absolute Gasteiger partial charge is 0.550 e. The number of hydrogen-bond donors (Lipinski definition) is 1. The number of carbonyl (C=O) groups is 1. The summed E-state index contributed by atoms with van der Waals surface area (Å²) in [7, 11) is 0. The second-order valence-electron chi connectivity index (χ2n) is 7.36. The number of hydrogen-bond acceptors (Lipinski definition) is 3. The Balaban J connectivity index is 4.90. The molecule has 4 nitrogen and oxygen atoms in total. The summed E-state index contributed by atoms with van der Waals surface area (Å²) in [5, 5.41) is 21.1. The summed E-state index contributed by atoms with van der Waals surface area (Å²) in [5.41, 5.74) is 0. The number of carboxylic acids is 1. The van der Waals surface area contributed by atoms with Crippen molar-refractivity contribution in [1.82, 2.24) is 0 Å². The van der Waals surface area contributed by atoms with E-state index in [1.807, 2.05) is 0 Å². The molecule has 0 bridgehead atoms. The predicted molar refractivity (Wildman–Crippen MR) is 103 cm³/mol. The summed E-state index contributed by atoms with van der Waals surface area (Å²) < 4.78 is 0.800. The van der Waals surface area contributed by atoms with Gasteiger partial charge in [-0.1, -0.05) is 52.9 Å². The zero-order chi connectivity index (χ0) is 19.0. The van der Waals surface area contributed by atoms with Gasteiger partial charge in [-0.3, -0.25) is 4.48 Å². The highest BCUT2D eigenvalue weighted by Gasteiger charge is 2.25. The molecule has 0 atom stereocenters. The minimum absolute atomic E-state index is 0.133. The van der Waals surface area contributed by atoms with Crippen LogP contribution in [0.2, 0.25) is 0 Å². The van der Waals surface area contributed by atoms with Crippen LogP contribution in [0.5, 0.6) is 0 Å². The average Bonchev–Trinajstić information content (AvgIpc) is 2.58. The number of aliphatic hydroxyl groups is 1. The Bertz CT molecular complexity index is 358. The molecule has 0 unspecified atom stereocenters. The van der Waals surface area contributed by atoms with Gasteiger partial charge in [0, 0.05) is 12.4 Å². The molecule has 0 aromatic heterocycles. The molecule has 0 aliphatic carbocycles. The van der Waals surface area contributed by atoms with Gasteiger partial charge in [-0.05, 0) is 38.5 Å². The lowest BCUT2D eigenvalue weighted by molar-refractivity contribution is -0.881. The maximum absolute atomic E-state index is 10.6. The zero-order valence-corrected chi connectivity index (χ0v) is 16.9. The smallest absolute Gasteiger partial charge is 0.145 e. The van der Waals surface area contributed by atoms with Crippen LogP contribution in [0.15, 0.2) is 12.0 Å². The Hall–Kier alpha value is -1.03. The monoisotopic (exact) mass is 355 g/mol. The number of carbonyl (C=O) groups excluding carboxylic acids is 1. The van der Waals surface area contributed by atoms with Crippen molar-refractivity contribution in [2.75, 3.05) is 19.6 Å². The molecule has 0 aromatic carbocycles. The van der Waals surface area contributed by atoms with Crippen molar-refractivity contribution in [1.29, 1.82) is 0 Å². The summed E-state index contributed by atoms with van der Waals surface area (Å²) in [6.07, 6.45) is 13.7. The van der Waals surface area contributed by atoms with E-state index < -0.39 is 5.97 Å². The fraction of sp³-hybridized carbons (Fsp3) is 0.857. The van der Waals surface area contributed by atoms with E-state index in [4.69, 9.17) is 0 Å². The Labute approximate surface area is 155 Å². The molecular weight excluding hydrogens is 314 g/mol. The standard InChI is InChI=1S/C21H41NO3/c1-4-7-10-11-14-20(23)19-22(16-8-5-2,17-9-6-3)18-13-12-15-21(24)25/h19H,4-18H2,1-3H3,(H-,23,24,25)/b20-19-. The molecule has 0 fully saturated rings. The number of unbranched alkanes of at least 4 members (excludes halogenated alkanes) is 6. The van der Waals surface area contributed by atoms with Crippen LogP contribution in [0.4, 0.5) is 0 Å². The van der Waals surface area contributed by atoms with Gasteiger partial charge >= 0.3 is 0 Å². The van der Waals surface area contributed by atoms with Gasteiger partial charge in [-0.15, -0.1) is 0 Å². The normalized spacial score (nSPS) is 12.5. The summed E-state index contributed by atoms with van der Waals surface area (Å²) in [4.78, 5) is 10.6. The molecule has 4 heteroatoms. The highest BCUT2D eigenvalue weighted by molar-refractivity contribution is 5.64. The summed E-state index contributed by atoms with van der Waals surface area (Å²) in [5.74, 6) is -0.447. The molecule has 0 aliphatic rings. The highest BCUT2D eigenvalue weighted by Crippen LogP contribution is 2.20. The average molecular weight is 356 g/mol. The number of rotatable bonds is 17. The van der Waals surface area contributed by atoms with Crippen molar-refractivity contribution in [3.63, 3.8) is 0 Å². The fourth-order valence-electron chi connectivity index (χ4n) is 3.28. The minimum Gasteiger partial charge on any atom is -0.550 e. The number of aliphatic hydroxyl groups excluding tert-OH is 1. The van der Waals surface area contributed by atoms with Crippen LogP contribution in [0.3, 0.4) is 0 Å². The zero-order valence-electron chi connectivity index (χ0n) is 16.9. The Morgan fingerprint density at radius 2 is 1.32 bits per heavy atom. The molecule has 0 heterocycles. The molecule has 0 spiro atoms. The van der Waals surface area contributed by atoms with Gasteiger partial charge in [0.15, 0.2) is 0 Å². The van der Waals surface area contributed by atoms with Crippen LogP contribution < -0.4 is 5.11 Å². The first kappa shape index (κ1) is 24.0. The van der Waals surface area contributed by atoms with Gasteiger partial charge in [0.2, 0.25) is 0 Å². The van der Waals surface area contributed by atoms with Gasteiger partial charge < -0.3 is 15.0 Å². The molecule has 0 radical (unpaired) electrons. The van der Waals surface area contributed by atoms with E-state index in [0.29, 0.717) is 12.2 Å². The summed E-state index contributed by atoms with van der Waals surface area (Å²) >= 11 is 0. The maximum Gasteiger partial charge on any atom is 0.145 e. The topological polar surface area (TPSA) is 60.4 Å². The minimum atomic E-state index is -0.963. The number of quaternary nitrogens is 1. The molecule has 0 saturated carbocycles. The third-order valence-electron chi connectivity index (χ3n) is 4.86. The molecule has 1 N–H and O–H groups in total. The molecule has 25 heavy (non-hydrogen) atoms. The van der Waals surface area contributed by atoms with Crippen molar-refractivity contribution >= 4 is 5.97 Å². The van der Waals surface area contributed by atoms with E-state index >= 15 is 0 Å². The van der Waals surface area contributed by atoms with E-state index in [2.05, 4.69) is 27.0 Å². The molecule has 0 rings (SSSR count). The van der Waals surface area contributed by atoms with Crippen LogP contribution in [-0.4, -0.2) is 35.2 Å². The quantitative estimate of drug-likeness (QED) is 0.234. The summed E-state index contributed by atoms with van der Waals surface area (Å²) in [6.45, 7) is 9.55. The first-order valence-electron chi connectivity index (χ1n) is 10.5. The van der Waals surface area contributed by atoms with Crippen molar-refractivity contribution < 1.29 is 19.5 Å². The number of nitrogens with zero attached hydrogens (tertiary/aromatic N) is 1. The van der Waals surface area contributed by atoms with Gasteiger partial charge in [0.1, 0.15) is 12.0 Å². The van der Waals surface area contributed by atoms with E-state index in [0.717, 1.165) is 69.1 Å². The van der Waals surface area contributed by atoms with E-state index in [1.165, 1.54) is 19.3 Å². The lowest BCUT2D eigenvalue weighted by Gasteiger charge is -2.35. The van der Waals surface area contributed by atoms with Crippen molar-refractivity contribution in [3.05, 3.63) is 12.0 Å². The van der Waals surface area contributed by atoms with Crippen LogP contribution in [0.25, 0.3) is 0 Å².